The molecule has 1 fully saturated rings. The summed E-state index contributed by atoms with van der Waals surface area (Å²) in [6.07, 6.45) is 2.62. The maximum atomic E-state index is 13.6. The first-order valence-electron chi connectivity index (χ1n) is 11.7. The minimum Gasteiger partial charge on any atom is -0.507 e. The van der Waals surface area contributed by atoms with Gasteiger partial charge in [-0.3, -0.25) is 9.59 Å². The lowest BCUT2D eigenvalue weighted by Crippen LogP contribution is -2.32. The van der Waals surface area contributed by atoms with Crippen LogP contribution in [0.15, 0.2) is 48.0 Å². The quantitative estimate of drug-likeness (QED) is 0.237. The number of carbonyl (C=O) groups excluding carboxylic acids is 2. The van der Waals surface area contributed by atoms with Crippen molar-refractivity contribution in [1.82, 2.24) is 9.80 Å². The molecule has 1 N–H and O–H groups in total. The minimum absolute atomic E-state index is 0.0144. The number of unbranched alkanes of at least 4 members (excludes halogenated alkanes) is 1. The Kier molecular flexibility index (Phi) is 8.45. The number of aliphatic hydroxyl groups is 1. The molecule has 0 aliphatic carbocycles. The molecule has 0 spiro atoms. The molecule has 2 aromatic rings. The van der Waals surface area contributed by atoms with E-state index < -0.39 is 23.5 Å². The highest BCUT2D eigenvalue weighted by atomic mass is 19.1. The molecule has 1 amide bonds. The van der Waals surface area contributed by atoms with Gasteiger partial charge in [0.05, 0.1) is 18.2 Å². The van der Waals surface area contributed by atoms with Gasteiger partial charge in [0.1, 0.15) is 17.3 Å². The first-order chi connectivity index (χ1) is 16.2. The van der Waals surface area contributed by atoms with Gasteiger partial charge in [-0.05, 0) is 81.9 Å². The zero-order chi connectivity index (χ0) is 24.8. The van der Waals surface area contributed by atoms with E-state index in [0.29, 0.717) is 36.4 Å². The Balaban J connectivity index is 2.02. The number of benzene rings is 2. The fourth-order valence-corrected chi connectivity index (χ4v) is 4.10. The molecule has 34 heavy (non-hydrogen) atoms. The van der Waals surface area contributed by atoms with E-state index in [1.165, 1.54) is 17.0 Å². The van der Waals surface area contributed by atoms with Gasteiger partial charge in [0.15, 0.2) is 0 Å². The zero-order valence-electron chi connectivity index (χ0n) is 20.3. The van der Waals surface area contributed by atoms with Gasteiger partial charge in [-0.1, -0.05) is 25.5 Å². The first kappa shape index (κ1) is 25.4. The standard InChI is InChI=1S/C27H33FN2O4/c1-5-6-16-34-22-13-10-20(17-18(22)2)25(31)23-24(19-8-11-21(28)12-9-19)30(27(33)26(23)32)15-7-14-29(3)4/h8-13,17,24,31H,5-7,14-16H2,1-4H3/t24-/m0/s1. The molecule has 0 unspecified atom stereocenters. The number of likely N-dealkylation sites (tertiary alicyclic amines) is 1. The number of aryl methyl sites for hydroxylation is 1. The third kappa shape index (κ3) is 5.65. The van der Waals surface area contributed by atoms with Gasteiger partial charge in [-0.15, -0.1) is 0 Å². The predicted octanol–water partition coefficient (Wildman–Crippen LogP) is 4.69. The van der Waals surface area contributed by atoms with Crippen LogP contribution in [0, 0.1) is 12.7 Å². The molecule has 182 valence electrons. The molecule has 0 radical (unpaired) electrons. The van der Waals surface area contributed by atoms with Crippen LogP contribution in [-0.4, -0.2) is 60.4 Å². The summed E-state index contributed by atoms with van der Waals surface area (Å²) in [7, 11) is 3.87. The second-order valence-corrected chi connectivity index (χ2v) is 8.88. The lowest BCUT2D eigenvalue weighted by atomic mass is 9.94. The molecule has 0 saturated carbocycles. The molecule has 0 aromatic heterocycles. The number of carbonyl (C=O) groups is 2. The van der Waals surface area contributed by atoms with Crippen molar-refractivity contribution in [1.29, 1.82) is 0 Å². The Labute approximate surface area is 200 Å². The van der Waals surface area contributed by atoms with Crippen LogP contribution < -0.4 is 4.74 Å². The van der Waals surface area contributed by atoms with Crippen molar-refractivity contribution in [3.8, 4) is 5.75 Å². The highest BCUT2D eigenvalue weighted by molar-refractivity contribution is 6.46. The number of halogens is 1. The van der Waals surface area contributed by atoms with Crippen molar-refractivity contribution in [2.24, 2.45) is 0 Å². The van der Waals surface area contributed by atoms with Crippen LogP contribution in [0.3, 0.4) is 0 Å². The van der Waals surface area contributed by atoms with E-state index in [-0.39, 0.29) is 11.3 Å². The summed E-state index contributed by atoms with van der Waals surface area (Å²) in [6.45, 7) is 5.63. The number of ketones is 1. The van der Waals surface area contributed by atoms with E-state index in [0.717, 1.165) is 24.9 Å². The van der Waals surface area contributed by atoms with Gasteiger partial charge in [0.25, 0.3) is 11.7 Å². The van der Waals surface area contributed by atoms with Gasteiger partial charge in [-0.2, -0.15) is 0 Å². The van der Waals surface area contributed by atoms with Crippen LogP contribution in [0.2, 0.25) is 0 Å². The van der Waals surface area contributed by atoms with Crippen molar-refractivity contribution in [2.75, 3.05) is 33.8 Å². The molecule has 2 aromatic carbocycles. The normalized spacial score (nSPS) is 17.6. The molecule has 1 aliphatic rings. The van der Waals surface area contributed by atoms with E-state index in [4.69, 9.17) is 4.74 Å². The van der Waals surface area contributed by atoms with Gasteiger partial charge in [0.2, 0.25) is 0 Å². The summed E-state index contributed by atoms with van der Waals surface area (Å²) in [5, 5.41) is 11.2. The average molecular weight is 469 g/mol. The van der Waals surface area contributed by atoms with Gasteiger partial charge in [0, 0.05) is 12.1 Å². The highest BCUT2D eigenvalue weighted by Crippen LogP contribution is 2.40. The van der Waals surface area contributed by atoms with E-state index in [1.807, 2.05) is 25.9 Å². The fraction of sp³-hybridized carbons (Fsp3) is 0.407. The summed E-state index contributed by atoms with van der Waals surface area (Å²) in [5.41, 5.74) is 1.83. The third-order valence-corrected chi connectivity index (χ3v) is 5.93. The Morgan fingerprint density at radius 3 is 2.44 bits per heavy atom. The van der Waals surface area contributed by atoms with Crippen LogP contribution in [0.1, 0.15) is 48.9 Å². The summed E-state index contributed by atoms with van der Waals surface area (Å²) in [5.74, 6) is -1.35. The third-order valence-electron chi connectivity index (χ3n) is 5.93. The molecule has 0 bridgehead atoms. The average Bonchev–Trinajstić information content (AvgIpc) is 3.05. The molecule has 1 saturated heterocycles. The number of aliphatic hydroxyl groups excluding tert-OH is 1. The van der Waals surface area contributed by atoms with Crippen LogP contribution in [0.4, 0.5) is 4.39 Å². The smallest absolute Gasteiger partial charge is 0.295 e. The molecular weight excluding hydrogens is 435 g/mol. The van der Waals surface area contributed by atoms with Crippen LogP contribution in [-0.2, 0) is 9.59 Å². The Hall–Kier alpha value is -3.19. The molecule has 1 atom stereocenters. The molecular formula is C27H33FN2O4. The lowest BCUT2D eigenvalue weighted by Gasteiger charge is -2.26. The molecule has 6 nitrogen and oxygen atoms in total. The highest BCUT2D eigenvalue weighted by Gasteiger charge is 2.45. The van der Waals surface area contributed by atoms with Crippen LogP contribution in [0.5, 0.6) is 5.75 Å². The Morgan fingerprint density at radius 1 is 1.12 bits per heavy atom. The van der Waals surface area contributed by atoms with E-state index in [2.05, 4.69) is 6.92 Å². The number of hydrogen-bond acceptors (Lipinski definition) is 5. The largest absolute Gasteiger partial charge is 0.507 e. The molecule has 1 aliphatic heterocycles. The molecule has 7 heteroatoms. The number of nitrogens with zero attached hydrogens (tertiary/aromatic N) is 2. The number of hydrogen-bond donors (Lipinski definition) is 1. The number of rotatable bonds is 10. The van der Waals surface area contributed by atoms with E-state index in [1.54, 1.807) is 30.3 Å². The maximum absolute atomic E-state index is 13.6. The molecule has 1 heterocycles. The zero-order valence-corrected chi connectivity index (χ0v) is 20.3. The van der Waals surface area contributed by atoms with Gasteiger partial charge < -0.3 is 19.6 Å². The topological polar surface area (TPSA) is 70.1 Å². The van der Waals surface area contributed by atoms with E-state index >= 15 is 0 Å². The van der Waals surface area contributed by atoms with Crippen LogP contribution >= 0.6 is 0 Å². The lowest BCUT2D eigenvalue weighted by molar-refractivity contribution is -0.139. The van der Waals surface area contributed by atoms with Crippen molar-refractivity contribution in [3.05, 3.63) is 70.5 Å². The summed E-state index contributed by atoms with van der Waals surface area (Å²) < 4.78 is 19.4. The summed E-state index contributed by atoms with van der Waals surface area (Å²) >= 11 is 0. The predicted molar refractivity (Wildman–Crippen MR) is 130 cm³/mol. The Morgan fingerprint density at radius 2 is 1.82 bits per heavy atom. The SMILES string of the molecule is CCCCOc1ccc(C(O)=C2C(=O)C(=O)N(CCCN(C)C)[C@H]2c2ccc(F)cc2)cc1C. The van der Waals surface area contributed by atoms with Crippen molar-refractivity contribution >= 4 is 17.4 Å². The van der Waals surface area contributed by atoms with Gasteiger partial charge in [-0.25, -0.2) is 4.39 Å². The number of ether oxygens (including phenoxy) is 1. The second kappa shape index (κ2) is 11.3. The van der Waals surface area contributed by atoms with E-state index in [9.17, 15) is 19.1 Å². The Bertz CT molecular complexity index is 1060. The molecule has 3 rings (SSSR count). The first-order valence-corrected chi connectivity index (χ1v) is 11.7. The second-order valence-electron chi connectivity index (χ2n) is 8.88. The van der Waals surface area contributed by atoms with Crippen molar-refractivity contribution in [2.45, 2.75) is 39.2 Å². The van der Waals surface area contributed by atoms with Crippen molar-refractivity contribution in [3.63, 3.8) is 0 Å². The monoisotopic (exact) mass is 468 g/mol. The number of Topliss-reactive ketones (excluding diaryl/α,β-unsaturated/α-hetero) is 1. The van der Waals surface area contributed by atoms with Gasteiger partial charge >= 0.3 is 0 Å². The minimum atomic E-state index is -0.788. The maximum Gasteiger partial charge on any atom is 0.295 e. The summed E-state index contributed by atoms with van der Waals surface area (Å²) in [6, 6.07) is 10.1. The van der Waals surface area contributed by atoms with Crippen LogP contribution in [0.25, 0.3) is 5.76 Å². The van der Waals surface area contributed by atoms with Crippen molar-refractivity contribution < 1.29 is 23.8 Å². The fourth-order valence-electron chi connectivity index (χ4n) is 4.10. The summed E-state index contributed by atoms with van der Waals surface area (Å²) in [4.78, 5) is 29.5. The number of amides is 1.